The average molecular weight is 447 g/mol. The first-order valence-corrected chi connectivity index (χ1v) is 10.5. The Labute approximate surface area is 180 Å². The number of ether oxygens (including phenoxy) is 1. The van der Waals surface area contributed by atoms with Crippen molar-refractivity contribution in [1.82, 2.24) is 15.2 Å². The Hall–Kier alpha value is -2.78. The molecule has 0 unspecified atom stereocenters. The molecular weight excluding hydrogens is 431 g/mol. The number of alkyl carbamates (subject to hydrolysis) is 1. The van der Waals surface area contributed by atoms with Gasteiger partial charge in [-0.15, -0.1) is 11.3 Å². The molecule has 154 valence electrons. The molecule has 2 atom stereocenters. The number of amidine groups is 1. The van der Waals surface area contributed by atoms with E-state index in [9.17, 15) is 14.0 Å². The lowest BCUT2D eigenvalue weighted by atomic mass is 9.90. The van der Waals surface area contributed by atoms with Crippen molar-refractivity contribution in [2.75, 3.05) is 13.2 Å². The molecular formula is C20H16ClFN4O3S. The SMILES string of the molecule is CC(=O)C1=C2C[C@]3(COC(=O)N3)CN2C(c2nccs2)=N[C@H]1c1ccc(F)cc1Cl. The number of aliphatic imine (C=N–C) groups is 1. The molecule has 3 aliphatic heterocycles. The molecule has 0 radical (unpaired) electrons. The Bertz CT molecular complexity index is 1130. The summed E-state index contributed by atoms with van der Waals surface area (Å²) in [5.74, 6) is -0.0361. The summed E-state index contributed by atoms with van der Waals surface area (Å²) in [7, 11) is 0. The second kappa shape index (κ2) is 6.88. The lowest BCUT2D eigenvalue weighted by Gasteiger charge is -2.32. The Balaban J connectivity index is 1.70. The van der Waals surface area contributed by atoms with Crippen LogP contribution in [-0.4, -0.2) is 46.3 Å². The van der Waals surface area contributed by atoms with Gasteiger partial charge in [-0.2, -0.15) is 0 Å². The van der Waals surface area contributed by atoms with Crippen molar-refractivity contribution in [2.45, 2.75) is 24.9 Å². The maximum atomic E-state index is 13.7. The first-order chi connectivity index (χ1) is 14.4. The predicted octanol–water partition coefficient (Wildman–Crippen LogP) is 3.46. The molecule has 30 heavy (non-hydrogen) atoms. The minimum absolute atomic E-state index is 0.162. The van der Waals surface area contributed by atoms with E-state index < -0.39 is 23.5 Å². The van der Waals surface area contributed by atoms with Gasteiger partial charge in [-0.3, -0.25) is 9.79 Å². The number of cyclic esters (lactones) is 1. The minimum Gasteiger partial charge on any atom is -0.447 e. The number of Topliss-reactive ketones (excluding diaryl/α,β-unsaturated/α-hetero) is 1. The van der Waals surface area contributed by atoms with Crippen molar-refractivity contribution in [3.05, 3.63) is 62.5 Å². The van der Waals surface area contributed by atoms with Crippen molar-refractivity contribution in [1.29, 1.82) is 0 Å². The van der Waals surface area contributed by atoms with Crippen LogP contribution in [0.2, 0.25) is 5.02 Å². The van der Waals surface area contributed by atoms with Gasteiger partial charge in [0.05, 0.1) is 6.54 Å². The third-order valence-corrected chi connectivity index (χ3v) is 6.59. The molecule has 2 saturated heterocycles. The van der Waals surface area contributed by atoms with Crippen LogP contribution >= 0.6 is 22.9 Å². The molecule has 4 heterocycles. The molecule has 1 spiro atoms. The van der Waals surface area contributed by atoms with Gasteiger partial charge in [-0.25, -0.2) is 14.2 Å². The topological polar surface area (TPSA) is 83.9 Å². The number of nitrogens with zero attached hydrogens (tertiary/aromatic N) is 3. The molecule has 0 saturated carbocycles. The lowest BCUT2D eigenvalue weighted by molar-refractivity contribution is -0.114. The van der Waals surface area contributed by atoms with Gasteiger partial charge in [-0.1, -0.05) is 17.7 Å². The van der Waals surface area contributed by atoms with E-state index in [1.165, 1.54) is 30.4 Å². The highest BCUT2D eigenvalue weighted by molar-refractivity contribution is 7.11. The highest BCUT2D eigenvalue weighted by Gasteiger charge is 2.52. The van der Waals surface area contributed by atoms with E-state index in [4.69, 9.17) is 21.3 Å². The Kier molecular flexibility index (Phi) is 4.41. The largest absolute Gasteiger partial charge is 0.447 e. The molecule has 0 aliphatic carbocycles. The summed E-state index contributed by atoms with van der Waals surface area (Å²) in [5.41, 5.74) is 1.12. The van der Waals surface area contributed by atoms with E-state index in [0.717, 1.165) is 5.70 Å². The number of nitrogens with one attached hydrogen (secondary N) is 1. The number of hydrogen-bond donors (Lipinski definition) is 1. The number of thiazole rings is 1. The molecule has 10 heteroatoms. The molecule has 5 rings (SSSR count). The summed E-state index contributed by atoms with van der Waals surface area (Å²) in [5, 5.41) is 5.61. The summed E-state index contributed by atoms with van der Waals surface area (Å²) >= 11 is 7.76. The fourth-order valence-electron chi connectivity index (χ4n) is 4.25. The number of carbonyl (C=O) groups is 2. The normalized spacial score (nSPS) is 25.3. The van der Waals surface area contributed by atoms with E-state index in [1.807, 2.05) is 10.3 Å². The number of fused-ring (bicyclic) bond motifs is 1. The zero-order valence-corrected chi connectivity index (χ0v) is 17.4. The second-order valence-corrected chi connectivity index (χ2v) is 8.82. The summed E-state index contributed by atoms with van der Waals surface area (Å²) in [6, 6.07) is 3.37. The van der Waals surface area contributed by atoms with Crippen LogP contribution < -0.4 is 5.32 Å². The van der Waals surface area contributed by atoms with Gasteiger partial charge in [0.1, 0.15) is 24.0 Å². The Morgan fingerprint density at radius 1 is 1.47 bits per heavy atom. The second-order valence-electron chi connectivity index (χ2n) is 7.52. The summed E-state index contributed by atoms with van der Waals surface area (Å²) in [6.45, 7) is 2.08. The molecule has 1 aromatic heterocycles. The van der Waals surface area contributed by atoms with Crippen LogP contribution in [0.3, 0.4) is 0 Å². The maximum Gasteiger partial charge on any atom is 0.407 e. The maximum absolute atomic E-state index is 13.7. The van der Waals surface area contributed by atoms with Crippen molar-refractivity contribution in [3.63, 3.8) is 0 Å². The first-order valence-electron chi connectivity index (χ1n) is 9.26. The van der Waals surface area contributed by atoms with Gasteiger partial charge in [0.25, 0.3) is 0 Å². The zero-order valence-electron chi connectivity index (χ0n) is 15.8. The van der Waals surface area contributed by atoms with Crippen LogP contribution in [0.5, 0.6) is 0 Å². The summed E-state index contributed by atoms with van der Waals surface area (Å²) < 4.78 is 18.8. The monoisotopic (exact) mass is 446 g/mol. The summed E-state index contributed by atoms with van der Waals surface area (Å²) in [4.78, 5) is 35.7. The molecule has 2 fully saturated rings. The van der Waals surface area contributed by atoms with Crippen molar-refractivity contribution in [2.24, 2.45) is 4.99 Å². The van der Waals surface area contributed by atoms with Gasteiger partial charge in [0.15, 0.2) is 16.6 Å². The smallest absolute Gasteiger partial charge is 0.407 e. The number of benzene rings is 1. The number of halogens is 2. The van der Waals surface area contributed by atoms with Crippen molar-refractivity contribution < 1.29 is 18.7 Å². The molecule has 0 bridgehead atoms. The molecule has 1 N–H and O–H groups in total. The molecule has 1 aromatic carbocycles. The van der Waals surface area contributed by atoms with Crippen molar-refractivity contribution >= 4 is 40.6 Å². The molecule has 1 amide bonds. The third kappa shape index (κ3) is 3.00. The first kappa shape index (κ1) is 19.2. The van der Waals surface area contributed by atoms with Crippen LogP contribution in [0.4, 0.5) is 9.18 Å². The quantitative estimate of drug-likeness (QED) is 0.780. The van der Waals surface area contributed by atoms with Gasteiger partial charge in [0, 0.05) is 39.9 Å². The zero-order chi connectivity index (χ0) is 21.0. The third-order valence-electron chi connectivity index (χ3n) is 5.49. The van der Waals surface area contributed by atoms with Crippen LogP contribution in [0.15, 0.2) is 46.0 Å². The molecule has 7 nitrogen and oxygen atoms in total. The van der Waals surface area contributed by atoms with Crippen molar-refractivity contribution in [3.8, 4) is 0 Å². The van der Waals surface area contributed by atoms with Crippen LogP contribution in [0.1, 0.15) is 30.0 Å². The van der Waals surface area contributed by atoms with E-state index in [-0.39, 0.29) is 17.4 Å². The van der Waals surface area contributed by atoms with Gasteiger partial charge in [0.2, 0.25) is 0 Å². The van der Waals surface area contributed by atoms with Crippen LogP contribution in [0, 0.1) is 5.82 Å². The van der Waals surface area contributed by atoms with E-state index in [0.29, 0.717) is 34.9 Å². The summed E-state index contributed by atoms with van der Waals surface area (Å²) in [6.07, 6.45) is 1.61. The number of aromatic nitrogens is 1. The minimum atomic E-state index is -0.700. The molecule has 2 aromatic rings. The number of amides is 1. The van der Waals surface area contributed by atoms with Gasteiger partial charge in [-0.05, 0) is 19.1 Å². The number of carbonyl (C=O) groups excluding carboxylic acids is 2. The van der Waals surface area contributed by atoms with Crippen LogP contribution in [0.25, 0.3) is 0 Å². The number of hydrogen-bond acceptors (Lipinski definition) is 7. The highest BCUT2D eigenvalue weighted by atomic mass is 35.5. The highest BCUT2D eigenvalue weighted by Crippen LogP contribution is 2.45. The fourth-order valence-corrected chi connectivity index (χ4v) is 5.16. The standard InChI is InChI=1S/C20H16ClFN4O3S/c1-10(27)15-14-7-20(9-29-19(28)25-20)8-26(14)17(18-23-4-5-30-18)24-16(15)12-3-2-11(22)6-13(12)21/h2-6,16H,7-9H2,1H3,(H,25,28)/t16-,20+/m0/s1. The Morgan fingerprint density at radius 3 is 2.93 bits per heavy atom. The van der Waals surface area contributed by atoms with E-state index in [1.54, 1.807) is 12.3 Å². The molecule has 3 aliphatic rings. The number of rotatable bonds is 3. The lowest BCUT2D eigenvalue weighted by Crippen LogP contribution is -2.47. The van der Waals surface area contributed by atoms with E-state index in [2.05, 4.69) is 10.3 Å². The van der Waals surface area contributed by atoms with Gasteiger partial charge >= 0.3 is 6.09 Å². The Morgan fingerprint density at radius 2 is 2.30 bits per heavy atom. The fraction of sp³-hybridized carbons (Fsp3) is 0.300. The van der Waals surface area contributed by atoms with Gasteiger partial charge < -0.3 is 15.0 Å². The van der Waals surface area contributed by atoms with E-state index >= 15 is 0 Å². The number of ketones is 1. The average Bonchev–Trinajstić information content (AvgIpc) is 3.41. The van der Waals surface area contributed by atoms with Crippen LogP contribution in [-0.2, 0) is 9.53 Å². The predicted molar refractivity (Wildman–Crippen MR) is 109 cm³/mol.